The lowest BCUT2D eigenvalue weighted by atomic mass is 10.1. The van der Waals surface area contributed by atoms with Gasteiger partial charge < -0.3 is 15.8 Å². The molecule has 6 heteroatoms. The van der Waals surface area contributed by atoms with Gasteiger partial charge in [-0.2, -0.15) is 0 Å². The summed E-state index contributed by atoms with van der Waals surface area (Å²) < 4.78 is 6.00. The molecule has 2 rings (SSSR count). The van der Waals surface area contributed by atoms with Crippen LogP contribution in [0.25, 0.3) is 0 Å². The van der Waals surface area contributed by atoms with Crippen LogP contribution in [0.2, 0.25) is 0 Å². The fourth-order valence-electron chi connectivity index (χ4n) is 2.41. The predicted octanol–water partition coefficient (Wildman–Crippen LogP) is 3.22. The van der Waals surface area contributed by atoms with Gasteiger partial charge in [0.25, 0.3) is 0 Å². The van der Waals surface area contributed by atoms with Crippen molar-refractivity contribution in [2.45, 2.75) is 64.6 Å². The molecule has 1 heterocycles. The first-order chi connectivity index (χ1) is 9.94. The van der Waals surface area contributed by atoms with E-state index in [2.05, 4.69) is 15.3 Å². The highest BCUT2D eigenvalue weighted by molar-refractivity contribution is 14.0. The number of pyridine rings is 1. The number of halogens is 1. The molecule has 0 radical (unpaired) electrons. The first-order valence-corrected chi connectivity index (χ1v) is 7.63. The second-order valence-electron chi connectivity index (χ2n) is 6.57. The maximum absolute atomic E-state index is 6.00. The van der Waals surface area contributed by atoms with E-state index >= 15 is 0 Å². The average molecular weight is 418 g/mol. The highest BCUT2D eigenvalue weighted by atomic mass is 127. The molecule has 1 fully saturated rings. The van der Waals surface area contributed by atoms with Gasteiger partial charge in [-0.1, -0.05) is 6.07 Å². The van der Waals surface area contributed by atoms with E-state index in [1.165, 1.54) is 12.8 Å². The van der Waals surface area contributed by atoms with Crippen molar-refractivity contribution < 1.29 is 4.74 Å². The van der Waals surface area contributed by atoms with E-state index in [9.17, 15) is 0 Å². The summed E-state index contributed by atoms with van der Waals surface area (Å²) in [6, 6.07) is 3.89. The number of nitrogens with one attached hydrogen (secondary N) is 1. The van der Waals surface area contributed by atoms with E-state index < -0.39 is 0 Å². The second kappa shape index (κ2) is 8.55. The molecular formula is C16H27IN4O. The molecule has 3 N–H and O–H groups in total. The minimum absolute atomic E-state index is 0. The standard InChI is InChI=1S/C16H26N4O.HI/c1-16(2,3)20-15(17)19-11-12-7-6-10-18-14(12)21-13-8-4-5-9-13;/h6-7,10,13H,4-5,8-9,11H2,1-3H3,(H3,17,19,20);1H. The molecule has 1 aromatic heterocycles. The molecule has 1 aromatic rings. The number of hydrogen-bond acceptors (Lipinski definition) is 3. The lowest BCUT2D eigenvalue weighted by molar-refractivity contribution is 0.199. The molecule has 0 aliphatic heterocycles. The Hall–Kier alpha value is -1.05. The number of guanidine groups is 1. The molecule has 1 aliphatic rings. The van der Waals surface area contributed by atoms with Crippen LogP contribution in [0, 0.1) is 0 Å². The van der Waals surface area contributed by atoms with Crippen molar-refractivity contribution in [1.82, 2.24) is 10.3 Å². The van der Waals surface area contributed by atoms with Crippen LogP contribution in [0.1, 0.15) is 52.0 Å². The highest BCUT2D eigenvalue weighted by Gasteiger charge is 2.18. The highest BCUT2D eigenvalue weighted by Crippen LogP contribution is 2.25. The van der Waals surface area contributed by atoms with E-state index in [-0.39, 0.29) is 29.5 Å². The van der Waals surface area contributed by atoms with Gasteiger partial charge in [0.2, 0.25) is 5.88 Å². The summed E-state index contributed by atoms with van der Waals surface area (Å²) in [5.41, 5.74) is 6.78. The Morgan fingerprint density at radius 2 is 2.09 bits per heavy atom. The molecule has 0 amide bonds. The van der Waals surface area contributed by atoms with Gasteiger partial charge in [-0.3, -0.25) is 0 Å². The lowest BCUT2D eigenvalue weighted by Crippen LogP contribution is -2.44. The van der Waals surface area contributed by atoms with Gasteiger partial charge in [0.1, 0.15) is 6.10 Å². The Kier molecular flexibility index (Phi) is 7.38. The van der Waals surface area contributed by atoms with Crippen LogP contribution in [0.5, 0.6) is 5.88 Å². The maximum Gasteiger partial charge on any atom is 0.218 e. The SMILES string of the molecule is CC(C)(C)NC(N)=NCc1cccnc1OC1CCCC1.I. The summed E-state index contributed by atoms with van der Waals surface area (Å²) in [6.45, 7) is 6.63. The van der Waals surface area contributed by atoms with Crippen molar-refractivity contribution >= 4 is 29.9 Å². The molecule has 1 aliphatic carbocycles. The topological polar surface area (TPSA) is 72.5 Å². The van der Waals surface area contributed by atoms with Gasteiger partial charge in [0, 0.05) is 17.3 Å². The number of rotatable bonds is 4. The van der Waals surface area contributed by atoms with E-state index in [1.54, 1.807) is 6.20 Å². The van der Waals surface area contributed by atoms with Crippen molar-refractivity contribution in [3.8, 4) is 5.88 Å². The molecule has 1 saturated carbocycles. The molecule has 0 unspecified atom stereocenters. The fraction of sp³-hybridized carbons (Fsp3) is 0.625. The zero-order valence-corrected chi connectivity index (χ0v) is 16.0. The first kappa shape index (κ1) is 19.0. The number of aromatic nitrogens is 1. The number of aliphatic imine (C=N–C) groups is 1. The predicted molar refractivity (Wildman–Crippen MR) is 101 cm³/mol. The molecule has 0 saturated heterocycles. The molecule has 22 heavy (non-hydrogen) atoms. The van der Waals surface area contributed by atoms with E-state index in [4.69, 9.17) is 10.5 Å². The molecule has 0 aromatic carbocycles. The number of hydrogen-bond donors (Lipinski definition) is 2. The third-order valence-corrected chi connectivity index (χ3v) is 3.35. The molecule has 0 spiro atoms. The zero-order valence-electron chi connectivity index (χ0n) is 13.6. The van der Waals surface area contributed by atoms with Gasteiger partial charge in [-0.25, -0.2) is 9.98 Å². The summed E-state index contributed by atoms with van der Waals surface area (Å²) in [5, 5.41) is 3.15. The Labute approximate surface area is 150 Å². The van der Waals surface area contributed by atoms with Crippen molar-refractivity contribution in [1.29, 1.82) is 0 Å². The monoisotopic (exact) mass is 418 g/mol. The molecule has 5 nitrogen and oxygen atoms in total. The Morgan fingerprint density at radius 3 is 2.73 bits per heavy atom. The number of nitrogens with zero attached hydrogens (tertiary/aromatic N) is 2. The molecule has 0 bridgehead atoms. The fourth-order valence-corrected chi connectivity index (χ4v) is 2.41. The van der Waals surface area contributed by atoms with Crippen molar-refractivity contribution in [2.24, 2.45) is 10.7 Å². The average Bonchev–Trinajstić information content (AvgIpc) is 2.88. The molecule has 0 atom stereocenters. The van der Waals surface area contributed by atoms with Crippen LogP contribution >= 0.6 is 24.0 Å². The third kappa shape index (κ3) is 6.37. The summed E-state index contributed by atoms with van der Waals surface area (Å²) in [4.78, 5) is 8.72. The van der Waals surface area contributed by atoms with Gasteiger partial charge in [-0.05, 0) is 52.5 Å². The van der Waals surface area contributed by atoms with E-state index in [0.717, 1.165) is 18.4 Å². The maximum atomic E-state index is 6.00. The third-order valence-electron chi connectivity index (χ3n) is 3.35. The summed E-state index contributed by atoms with van der Waals surface area (Å²) >= 11 is 0. The van der Waals surface area contributed by atoms with Crippen LogP contribution in [0.15, 0.2) is 23.3 Å². The van der Waals surface area contributed by atoms with Gasteiger partial charge in [0.05, 0.1) is 6.54 Å². The summed E-state index contributed by atoms with van der Waals surface area (Å²) in [7, 11) is 0. The number of nitrogens with two attached hydrogens (primary N) is 1. The van der Waals surface area contributed by atoms with Crippen LogP contribution < -0.4 is 15.8 Å². The van der Waals surface area contributed by atoms with E-state index in [0.29, 0.717) is 24.5 Å². The zero-order chi connectivity index (χ0) is 15.3. The first-order valence-electron chi connectivity index (χ1n) is 7.63. The van der Waals surface area contributed by atoms with Crippen molar-refractivity contribution in [2.75, 3.05) is 0 Å². The summed E-state index contributed by atoms with van der Waals surface area (Å²) in [5.74, 6) is 1.13. The Balaban J connectivity index is 0.00000242. The second-order valence-corrected chi connectivity index (χ2v) is 6.57. The van der Waals surface area contributed by atoms with E-state index in [1.807, 2.05) is 32.9 Å². The van der Waals surface area contributed by atoms with Gasteiger partial charge in [0.15, 0.2) is 5.96 Å². The van der Waals surface area contributed by atoms with Crippen LogP contribution in [-0.4, -0.2) is 22.6 Å². The molecule has 124 valence electrons. The van der Waals surface area contributed by atoms with Crippen LogP contribution in [-0.2, 0) is 6.54 Å². The number of ether oxygens (including phenoxy) is 1. The largest absolute Gasteiger partial charge is 0.474 e. The normalized spacial score (nSPS) is 16.2. The Bertz CT molecular complexity index is 493. The van der Waals surface area contributed by atoms with Crippen LogP contribution in [0.4, 0.5) is 0 Å². The van der Waals surface area contributed by atoms with Gasteiger partial charge >= 0.3 is 0 Å². The molecular weight excluding hydrogens is 391 g/mol. The Morgan fingerprint density at radius 1 is 1.41 bits per heavy atom. The van der Waals surface area contributed by atoms with Gasteiger partial charge in [-0.15, -0.1) is 24.0 Å². The minimum Gasteiger partial charge on any atom is -0.474 e. The smallest absolute Gasteiger partial charge is 0.218 e. The van der Waals surface area contributed by atoms with Crippen molar-refractivity contribution in [3.63, 3.8) is 0 Å². The minimum atomic E-state index is -0.0916. The quantitative estimate of drug-likeness (QED) is 0.448. The van der Waals surface area contributed by atoms with Crippen molar-refractivity contribution in [3.05, 3.63) is 23.9 Å². The van der Waals surface area contributed by atoms with Crippen LogP contribution in [0.3, 0.4) is 0 Å². The summed E-state index contributed by atoms with van der Waals surface area (Å²) in [6.07, 6.45) is 6.78. The lowest BCUT2D eigenvalue weighted by Gasteiger charge is -2.21.